The lowest BCUT2D eigenvalue weighted by Crippen LogP contribution is -2.43. The third kappa shape index (κ3) is 4.93. The maximum Gasteiger partial charge on any atom is 0.265 e. The molecule has 2 heterocycles. The van der Waals surface area contributed by atoms with Crippen LogP contribution in [0, 0.1) is 6.92 Å². The van der Waals surface area contributed by atoms with E-state index in [2.05, 4.69) is 10.3 Å². The van der Waals surface area contributed by atoms with Crippen LogP contribution >= 0.6 is 22.9 Å². The zero-order valence-electron chi connectivity index (χ0n) is 17.7. The highest BCUT2D eigenvalue weighted by molar-refractivity contribution is 7.09. The summed E-state index contributed by atoms with van der Waals surface area (Å²) in [5.74, 6) is -0.0628. The molecule has 4 rings (SSSR count). The van der Waals surface area contributed by atoms with E-state index in [0.29, 0.717) is 28.8 Å². The van der Waals surface area contributed by atoms with Crippen LogP contribution in [0.2, 0.25) is 5.02 Å². The van der Waals surface area contributed by atoms with E-state index in [1.165, 1.54) is 4.90 Å². The predicted octanol–water partition coefficient (Wildman–Crippen LogP) is 4.32. The first kappa shape index (κ1) is 22.3. The van der Waals surface area contributed by atoms with Crippen molar-refractivity contribution in [3.63, 3.8) is 0 Å². The molecule has 1 N–H and O–H groups in total. The van der Waals surface area contributed by atoms with Gasteiger partial charge < -0.3 is 14.8 Å². The van der Waals surface area contributed by atoms with Crippen LogP contribution in [0.25, 0.3) is 11.3 Å². The number of nitrogens with zero attached hydrogens (tertiary/aromatic N) is 2. The summed E-state index contributed by atoms with van der Waals surface area (Å²) < 4.78 is 10.7. The lowest BCUT2D eigenvalue weighted by molar-refractivity contribution is -0.123. The minimum absolute atomic E-state index is 0.117. The van der Waals surface area contributed by atoms with Gasteiger partial charge >= 0.3 is 0 Å². The number of halogens is 1. The van der Waals surface area contributed by atoms with Crippen molar-refractivity contribution in [3.05, 3.63) is 57.4 Å². The molecular formula is C23H22ClN3O4S. The Kier molecular flexibility index (Phi) is 6.74. The van der Waals surface area contributed by atoms with Crippen LogP contribution in [0.5, 0.6) is 5.75 Å². The van der Waals surface area contributed by atoms with Gasteiger partial charge in [0.1, 0.15) is 12.3 Å². The monoisotopic (exact) mass is 471 g/mol. The third-order valence-corrected chi connectivity index (χ3v) is 6.34. The zero-order chi connectivity index (χ0) is 22.7. The van der Waals surface area contributed by atoms with Gasteiger partial charge in [0, 0.05) is 35.2 Å². The standard InChI is InChI=1S/C23H22ClN3O4S/c1-14-3-5-16(10-17(14)24)25-21(28)11-27-19-9-15(4-6-20(19)31-12-23(27)29)18-13-32-22(26-18)7-8-30-2/h3-6,9-10,13H,7-8,11-12H2,1-2H3,(H,25,28). The number of carbonyl (C=O) groups is 2. The first-order valence-corrected chi connectivity index (χ1v) is 11.3. The topological polar surface area (TPSA) is 80.8 Å². The summed E-state index contributed by atoms with van der Waals surface area (Å²) in [5.41, 5.74) is 3.69. The van der Waals surface area contributed by atoms with Gasteiger partial charge in [0.15, 0.2) is 6.61 Å². The fraction of sp³-hybridized carbons (Fsp3) is 0.261. The molecule has 2 amide bonds. The molecule has 0 unspecified atom stereocenters. The molecule has 1 aromatic heterocycles. The van der Waals surface area contributed by atoms with E-state index in [4.69, 9.17) is 21.1 Å². The Morgan fingerprint density at radius 2 is 2.16 bits per heavy atom. The molecule has 0 aliphatic carbocycles. The molecule has 9 heteroatoms. The van der Waals surface area contributed by atoms with Crippen molar-refractivity contribution < 1.29 is 19.1 Å². The smallest absolute Gasteiger partial charge is 0.265 e. The lowest BCUT2D eigenvalue weighted by Gasteiger charge is -2.29. The quantitative estimate of drug-likeness (QED) is 0.555. The average molecular weight is 472 g/mol. The third-order valence-electron chi connectivity index (χ3n) is 5.03. The molecule has 3 aromatic rings. The van der Waals surface area contributed by atoms with Gasteiger partial charge in [0.25, 0.3) is 5.91 Å². The summed E-state index contributed by atoms with van der Waals surface area (Å²) in [4.78, 5) is 31.3. The number of amides is 2. The van der Waals surface area contributed by atoms with Gasteiger partial charge in [-0.3, -0.25) is 14.5 Å². The maximum absolute atomic E-state index is 12.7. The second-order valence-electron chi connectivity index (χ2n) is 7.33. The van der Waals surface area contributed by atoms with Crippen LogP contribution in [-0.4, -0.2) is 43.7 Å². The van der Waals surface area contributed by atoms with Crippen LogP contribution in [0.15, 0.2) is 41.8 Å². The lowest BCUT2D eigenvalue weighted by atomic mass is 10.1. The summed E-state index contributed by atoms with van der Waals surface area (Å²) in [5, 5.41) is 6.30. The largest absolute Gasteiger partial charge is 0.482 e. The number of ether oxygens (including phenoxy) is 2. The molecular weight excluding hydrogens is 450 g/mol. The van der Waals surface area contributed by atoms with Crippen molar-refractivity contribution in [2.45, 2.75) is 13.3 Å². The molecule has 0 bridgehead atoms. The molecule has 0 saturated carbocycles. The highest BCUT2D eigenvalue weighted by atomic mass is 35.5. The van der Waals surface area contributed by atoms with Crippen molar-refractivity contribution in [1.82, 2.24) is 4.98 Å². The summed E-state index contributed by atoms with van der Waals surface area (Å²) in [6.45, 7) is 2.24. The summed E-state index contributed by atoms with van der Waals surface area (Å²) in [6.07, 6.45) is 0.739. The van der Waals surface area contributed by atoms with Gasteiger partial charge in [-0.25, -0.2) is 4.98 Å². The van der Waals surface area contributed by atoms with Crippen LogP contribution < -0.4 is 15.0 Å². The highest BCUT2D eigenvalue weighted by Crippen LogP contribution is 2.36. The van der Waals surface area contributed by atoms with Crippen LogP contribution in [-0.2, 0) is 20.7 Å². The maximum atomic E-state index is 12.7. The molecule has 1 aliphatic rings. The molecule has 1 aliphatic heterocycles. The van der Waals surface area contributed by atoms with Gasteiger partial charge in [-0.1, -0.05) is 17.7 Å². The number of benzene rings is 2. The fourth-order valence-corrected chi connectivity index (χ4v) is 4.27. The minimum atomic E-state index is -0.327. The number of aryl methyl sites for hydroxylation is 1. The Labute approximate surface area is 194 Å². The summed E-state index contributed by atoms with van der Waals surface area (Å²) in [6, 6.07) is 10.8. The van der Waals surface area contributed by atoms with E-state index in [1.54, 1.807) is 36.6 Å². The van der Waals surface area contributed by atoms with Crippen LogP contribution in [0.3, 0.4) is 0 Å². The normalized spacial score (nSPS) is 13.0. The number of methoxy groups -OCH3 is 1. The first-order chi connectivity index (χ1) is 15.4. The number of nitrogens with one attached hydrogen (secondary N) is 1. The molecule has 32 heavy (non-hydrogen) atoms. The fourth-order valence-electron chi connectivity index (χ4n) is 3.30. The molecule has 0 spiro atoms. The number of thiazole rings is 1. The van der Waals surface area contributed by atoms with E-state index in [0.717, 1.165) is 28.2 Å². The molecule has 2 aromatic carbocycles. The molecule has 0 saturated heterocycles. The Bertz CT molecular complexity index is 1160. The number of aromatic nitrogens is 1. The average Bonchev–Trinajstić information content (AvgIpc) is 3.25. The number of rotatable bonds is 7. The molecule has 0 atom stereocenters. The van der Waals surface area contributed by atoms with Crippen molar-refractivity contribution >= 4 is 46.1 Å². The van der Waals surface area contributed by atoms with Crippen molar-refractivity contribution in [2.24, 2.45) is 0 Å². The predicted molar refractivity (Wildman–Crippen MR) is 126 cm³/mol. The van der Waals surface area contributed by atoms with Gasteiger partial charge in [-0.05, 0) is 42.8 Å². The highest BCUT2D eigenvalue weighted by Gasteiger charge is 2.28. The molecule has 0 radical (unpaired) electrons. The number of carbonyl (C=O) groups excluding carboxylic acids is 2. The van der Waals surface area contributed by atoms with Crippen molar-refractivity contribution in [1.29, 1.82) is 0 Å². The Morgan fingerprint density at radius 1 is 1.31 bits per heavy atom. The van der Waals surface area contributed by atoms with Gasteiger partial charge in [0.2, 0.25) is 5.91 Å². The van der Waals surface area contributed by atoms with Crippen LogP contribution in [0.1, 0.15) is 10.6 Å². The van der Waals surface area contributed by atoms with E-state index >= 15 is 0 Å². The van der Waals surface area contributed by atoms with Crippen molar-refractivity contribution in [2.75, 3.05) is 37.1 Å². The first-order valence-electron chi connectivity index (χ1n) is 10.0. The number of hydrogen-bond acceptors (Lipinski definition) is 6. The molecule has 0 fully saturated rings. The van der Waals surface area contributed by atoms with E-state index in [-0.39, 0.29) is 25.0 Å². The van der Waals surface area contributed by atoms with Gasteiger partial charge in [-0.2, -0.15) is 0 Å². The SMILES string of the molecule is COCCc1nc(-c2ccc3c(c2)N(CC(=O)Nc2ccc(C)c(Cl)c2)C(=O)CO3)cs1. The zero-order valence-corrected chi connectivity index (χ0v) is 19.3. The van der Waals surface area contributed by atoms with Crippen molar-refractivity contribution in [3.8, 4) is 17.0 Å². The Hall–Kier alpha value is -2.94. The minimum Gasteiger partial charge on any atom is -0.482 e. The van der Waals surface area contributed by atoms with E-state index in [1.807, 2.05) is 30.5 Å². The molecule has 7 nitrogen and oxygen atoms in total. The second-order valence-corrected chi connectivity index (χ2v) is 8.68. The molecule has 166 valence electrons. The van der Waals surface area contributed by atoms with E-state index in [9.17, 15) is 9.59 Å². The Morgan fingerprint density at radius 3 is 2.94 bits per heavy atom. The summed E-state index contributed by atoms with van der Waals surface area (Å²) in [7, 11) is 1.66. The Balaban J connectivity index is 1.54. The van der Waals surface area contributed by atoms with E-state index < -0.39 is 0 Å². The van der Waals surface area contributed by atoms with Gasteiger partial charge in [0.05, 0.1) is 23.0 Å². The second kappa shape index (κ2) is 9.68. The van der Waals surface area contributed by atoms with Gasteiger partial charge in [-0.15, -0.1) is 11.3 Å². The number of hydrogen-bond donors (Lipinski definition) is 1. The summed E-state index contributed by atoms with van der Waals surface area (Å²) >= 11 is 7.70. The number of fused-ring (bicyclic) bond motifs is 1. The van der Waals surface area contributed by atoms with Crippen LogP contribution in [0.4, 0.5) is 11.4 Å². The number of anilines is 2.